The van der Waals surface area contributed by atoms with Gasteiger partial charge in [0.05, 0.1) is 0 Å². The van der Waals surface area contributed by atoms with E-state index >= 15 is 0 Å². The fraction of sp³-hybridized carbons (Fsp3) is 0.214. The molecule has 0 unspecified atom stereocenters. The van der Waals surface area contributed by atoms with E-state index in [0.29, 0.717) is 12.1 Å². The molecule has 1 heterocycles. The summed E-state index contributed by atoms with van der Waals surface area (Å²) in [6, 6.07) is 7.78. The highest BCUT2D eigenvalue weighted by molar-refractivity contribution is 5.63. The number of aromatic nitrogens is 1. The lowest BCUT2D eigenvalue weighted by Gasteiger charge is -2.04. The maximum Gasteiger partial charge on any atom is 0.192 e. The fourth-order valence-electron chi connectivity index (χ4n) is 1.83. The van der Waals surface area contributed by atoms with Crippen LogP contribution in [-0.4, -0.2) is 4.98 Å². The average molecular weight is 228 g/mol. The Morgan fingerprint density at radius 1 is 1.18 bits per heavy atom. The Hall–Kier alpha value is -1.87. The highest BCUT2D eigenvalue weighted by atomic mass is 16.1. The first-order valence-electron chi connectivity index (χ1n) is 5.75. The molecule has 0 spiro atoms. The quantitative estimate of drug-likeness (QED) is 0.844. The summed E-state index contributed by atoms with van der Waals surface area (Å²) in [7, 11) is 0. The number of rotatable bonds is 3. The van der Waals surface area contributed by atoms with Crippen molar-refractivity contribution in [3.05, 3.63) is 58.0 Å². The van der Waals surface area contributed by atoms with Crippen LogP contribution in [0.2, 0.25) is 0 Å². The van der Waals surface area contributed by atoms with Gasteiger partial charge in [-0.05, 0) is 17.5 Å². The van der Waals surface area contributed by atoms with Gasteiger partial charge in [0.25, 0.3) is 0 Å². The highest BCUT2D eigenvalue weighted by Crippen LogP contribution is 2.15. The Kier molecular flexibility index (Phi) is 3.40. The van der Waals surface area contributed by atoms with Crippen molar-refractivity contribution in [3.63, 3.8) is 0 Å². The molecule has 0 aliphatic carbocycles. The van der Waals surface area contributed by atoms with Gasteiger partial charge in [-0.2, -0.15) is 0 Å². The van der Waals surface area contributed by atoms with Crippen LogP contribution in [0.4, 0.5) is 0 Å². The Morgan fingerprint density at radius 2 is 1.88 bits per heavy atom. The molecule has 3 nitrogen and oxygen atoms in total. The number of H-pyrrole nitrogens is 1. The van der Waals surface area contributed by atoms with E-state index in [-0.39, 0.29) is 5.43 Å². The van der Waals surface area contributed by atoms with E-state index in [0.717, 1.165) is 23.1 Å². The van der Waals surface area contributed by atoms with Gasteiger partial charge in [-0.1, -0.05) is 31.2 Å². The third-order valence-corrected chi connectivity index (χ3v) is 2.90. The van der Waals surface area contributed by atoms with Crippen molar-refractivity contribution in [2.45, 2.75) is 19.9 Å². The molecule has 0 amide bonds. The van der Waals surface area contributed by atoms with Crippen molar-refractivity contribution in [2.75, 3.05) is 0 Å². The number of nitrogens with one attached hydrogen (secondary N) is 1. The van der Waals surface area contributed by atoms with Crippen LogP contribution in [0.25, 0.3) is 11.1 Å². The number of benzene rings is 1. The third kappa shape index (κ3) is 2.29. The van der Waals surface area contributed by atoms with Crippen LogP contribution < -0.4 is 11.2 Å². The fourth-order valence-corrected chi connectivity index (χ4v) is 1.83. The van der Waals surface area contributed by atoms with Gasteiger partial charge in [-0.25, -0.2) is 0 Å². The summed E-state index contributed by atoms with van der Waals surface area (Å²) < 4.78 is 0. The van der Waals surface area contributed by atoms with E-state index < -0.39 is 0 Å². The van der Waals surface area contributed by atoms with Gasteiger partial charge < -0.3 is 10.7 Å². The molecule has 0 radical (unpaired) electrons. The average Bonchev–Trinajstić information content (AvgIpc) is 2.39. The second-order valence-electron chi connectivity index (χ2n) is 3.98. The molecule has 1 aromatic heterocycles. The molecule has 0 saturated heterocycles. The number of pyridine rings is 1. The molecule has 3 N–H and O–H groups in total. The van der Waals surface area contributed by atoms with Gasteiger partial charge in [-0.15, -0.1) is 0 Å². The molecule has 3 heteroatoms. The molecule has 0 bridgehead atoms. The monoisotopic (exact) mass is 228 g/mol. The first kappa shape index (κ1) is 11.6. The zero-order valence-electron chi connectivity index (χ0n) is 9.86. The van der Waals surface area contributed by atoms with Crippen molar-refractivity contribution in [2.24, 2.45) is 5.73 Å². The summed E-state index contributed by atoms with van der Waals surface area (Å²) in [6.45, 7) is 2.50. The second kappa shape index (κ2) is 4.97. The lowest BCUT2D eigenvalue weighted by molar-refractivity contribution is 1.07. The Morgan fingerprint density at radius 3 is 2.47 bits per heavy atom. The summed E-state index contributed by atoms with van der Waals surface area (Å²) >= 11 is 0. The van der Waals surface area contributed by atoms with Crippen molar-refractivity contribution in [1.29, 1.82) is 0 Å². The topological polar surface area (TPSA) is 58.9 Å². The van der Waals surface area contributed by atoms with Crippen LogP contribution in [-0.2, 0) is 13.0 Å². The van der Waals surface area contributed by atoms with Crippen LogP contribution in [0, 0.1) is 0 Å². The van der Waals surface area contributed by atoms with Gasteiger partial charge in [-0.3, -0.25) is 4.79 Å². The van der Waals surface area contributed by atoms with E-state index in [4.69, 9.17) is 5.73 Å². The molecule has 0 aliphatic heterocycles. The molecule has 0 atom stereocenters. The van der Waals surface area contributed by atoms with Crippen molar-refractivity contribution < 1.29 is 0 Å². The minimum atomic E-state index is 0.103. The van der Waals surface area contributed by atoms with E-state index in [1.807, 2.05) is 31.2 Å². The predicted octanol–water partition coefficient (Wildman–Crippen LogP) is 2.06. The Bertz CT molecular complexity index is 555. The van der Waals surface area contributed by atoms with Crippen molar-refractivity contribution >= 4 is 0 Å². The molecule has 0 saturated carbocycles. The van der Waals surface area contributed by atoms with Crippen LogP contribution in [0.15, 0.2) is 41.5 Å². The van der Waals surface area contributed by atoms with Gasteiger partial charge in [0.15, 0.2) is 5.43 Å². The van der Waals surface area contributed by atoms with E-state index in [1.54, 1.807) is 12.4 Å². The van der Waals surface area contributed by atoms with Gasteiger partial charge in [0.2, 0.25) is 0 Å². The molecular formula is C14H16N2O. The number of nitrogens with two attached hydrogens (primary N) is 1. The molecule has 17 heavy (non-hydrogen) atoms. The van der Waals surface area contributed by atoms with Crippen molar-refractivity contribution in [1.82, 2.24) is 4.98 Å². The van der Waals surface area contributed by atoms with Gasteiger partial charge >= 0.3 is 0 Å². The predicted molar refractivity (Wildman–Crippen MR) is 69.8 cm³/mol. The number of hydrogen-bond acceptors (Lipinski definition) is 2. The van der Waals surface area contributed by atoms with E-state index in [9.17, 15) is 4.79 Å². The normalized spacial score (nSPS) is 10.5. The maximum absolute atomic E-state index is 12.1. The maximum atomic E-state index is 12.1. The molecule has 2 rings (SSSR count). The minimum absolute atomic E-state index is 0.103. The summed E-state index contributed by atoms with van der Waals surface area (Å²) in [6.07, 6.45) is 4.25. The summed E-state index contributed by atoms with van der Waals surface area (Å²) in [5.74, 6) is 0. The molecule has 0 fully saturated rings. The highest BCUT2D eigenvalue weighted by Gasteiger charge is 2.05. The molecule has 2 aromatic rings. The Balaban J connectivity index is 2.49. The lowest BCUT2D eigenvalue weighted by atomic mass is 10.0. The van der Waals surface area contributed by atoms with Crippen LogP contribution in [0.5, 0.6) is 0 Å². The van der Waals surface area contributed by atoms with Crippen LogP contribution in [0.3, 0.4) is 0 Å². The van der Waals surface area contributed by atoms with Crippen molar-refractivity contribution in [3.8, 4) is 11.1 Å². The molecular weight excluding hydrogens is 212 g/mol. The zero-order valence-corrected chi connectivity index (χ0v) is 9.86. The largest absolute Gasteiger partial charge is 0.367 e. The summed E-state index contributed by atoms with van der Waals surface area (Å²) in [4.78, 5) is 15.1. The third-order valence-electron chi connectivity index (χ3n) is 2.90. The summed E-state index contributed by atoms with van der Waals surface area (Å²) in [5.41, 5.74) is 9.17. The SMILES string of the molecule is CCc1c[nH]cc(-c2ccc(CN)cc2)c1=O. The lowest BCUT2D eigenvalue weighted by Crippen LogP contribution is -2.11. The van der Waals surface area contributed by atoms with E-state index in [1.165, 1.54) is 0 Å². The first-order valence-corrected chi connectivity index (χ1v) is 5.75. The second-order valence-corrected chi connectivity index (χ2v) is 3.98. The summed E-state index contributed by atoms with van der Waals surface area (Å²) in [5, 5.41) is 0. The smallest absolute Gasteiger partial charge is 0.192 e. The van der Waals surface area contributed by atoms with E-state index in [2.05, 4.69) is 4.98 Å². The van der Waals surface area contributed by atoms with Gasteiger partial charge in [0.1, 0.15) is 0 Å². The standard InChI is InChI=1S/C14H16N2O/c1-2-11-8-16-9-13(14(11)17)12-5-3-10(7-15)4-6-12/h3-6,8-9H,2,7,15H2,1H3,(H,16,17). The van der Waals surface area contributed by atoms with Crippen LogP contribution >= 0.6 is 0 Å². The molecule has 1 aromatic carbocycles. The minimum Gasteiger partial charge on any atom is -0.367 e. The molecule has 88 valence electrons. The number of aromatic amines is 1. The zero-order chi connectivity index (χ0) is 12.3. The first-order chi connectivity index (χ1) is 8.26. The van der Waals surface area contributed by atoms with Crippen LogP contribution in [0.1, 0.15) is 18.1 Å². The Labute approximate surface area is 100 Å². The molecule has 0 aliphatic rings. The number of hydrogen-bond donors (Lipinski definition) is 2. The number of aryl methyl sites for hydroxylation is 1. The van der Waals surface area contributed by atoms with Gasteiger partial charge in [0, 0.05) is 30.1 Å².